The van der Waals surface area contributed by atoms with Crippen molar-refractivity contribution >= 4 is 5.91 Å². The maximum Gasteiger partial charge on any atom is 0.217 e. The number of carbonyl (C=O) groups excluding carboxylic acids is 1. The molecular formula is C15H27NO12. The highest BCUT2D eigenvalue weighted by Gasteiger charge is 2.52. The molecule has 2 aliphatic heterocycles. The first-order valence-corrected chi connectivity index (χ1v) is 8.57. The summed E-state index contributed by atoms with van der Waals surface area (Å²) in [6.45, 7) is 0.556. The Hall–Kier alpha value is -0.970. The predicted molar refractivity (Wildman–Crippen MR) is 86.1 cm³/mol. The van der Waals surface area contributed by atoms with E-state index in [9.17, 15) is 40.5 Å². The summed E-state index contributed by atoms with van der Waals surface area (Å²) >= 11 is 0. The fraction of sp³-hybridized carbons (Fsp3) is 0.933. The van der Waals surface area contributed by atoms with Gasteiger partial charge in [0.2, 0.25) is 5.91 Å². The number of aliphatic hydroxyl groups is 7. The Balaban J connectivity index is 2.21. The lowest BCUT2D eigenvalue weighted by atomic mass is 9.95. The molecule has 28 heavy (non-hydrogen) atoms. The monoisotopic (exact) mass is 413 g/mol. The Morgan fingerprint density at radius 1 is 1.04 bits per heavy atom. The van der Waals surface area contributed by atoms with Crippen LogP contribution in [0.3, 0.4) is 0 Å². The molecule has 13 heteroatoms. The van der Waals surface area contributed by atoms with Crippen LogP contribution in [-0.2, 0) is 23.7 Å². The first-order valence-electron chi connectivity index (χ1n) is 8.57. The van der Waals surface area contributed by atoms with Gasteiger partial charge >= 0.3 is 0 Å². The van der Waals surface area contributed by atoms with Crippen molar-refractivity contribution in [1.29, 1.82) is 0 Å². The van der Waals surface area contributed by atoms with Crippen LogP contribution >= 0.6 is 0 Å². The first kappa shape index (κ1) is 23.3. The van der Waals surface area contributed by atoms with Gasteiger partial charge in [0.15, 0.2) is 18.9 Å². The van der Waals surface area contributed by atoms with Crippen LogP contribution in [0.4, 0.5) is 0 Å². The van der Waals surface area contributed by atoms with Gasteiger partial charge in [-0.25, -0.2) is 0 Å². The summed E-state index contributed by atoms with van der Waals surface area (Å²) in [7, 11) is 1.26. The summed E-state index contributed by atoms with van der Waals surface area (Å²) < 4.78 is 21.1. The number of hydrogen-bond acceptors (Lipinski definition) is 12. The minimum atomic E-state index is -2.20. The molecule has 13 nitrogen and oxygen atoms in total. The highest BCUT2D eigenvalue weighted by molar-refractivity contribution is 5.73. The summed E-state index contributed by atoms with van der Waals surface area (Å²) in [5.74, 6) is -0.508. The number of hydrogen-bond donors (Lipinski definition) is 8. The van der Waals surface area contributed by atoms with Gasteiger partial charge in [-0.2, -0.15) is 0 Å². The molecule has 2 fully saturated rings. The SMILES string of the molecule is CO[C@@H]1O[C@H](CO)[C@@H](O[C@@H]2O[C@H](C(O)O)[C@H](O)[C@H](O)[C@H]2O)[C@H](O)[C@H]1NC(C)=O. The largest absolute Gasteiger partial charge is 0.394 e. The van der Waals surface area contributed by atoms with E-state index in [-0.39, 0.29) is 0 Å². The van der Waals surface area contributed by atoms with Gasteiger partial charge in [-0.15, -0.1) is 0 Å². The average Bonchev–Trinajstić information content (AvgIpc) is 2.64. The normalized spacial score (nSPS) is 44.5. The van der Waals surface area contributed by atoms with Crippen LogP contribution in [-0.4, -0.2) is 123 Å². The molecule has 10 atom stereocenters. The lowest BCUT2D eigenvalue weighted by molar-refractivity contribution is -0.361. The van der Waals surface area contributed by atoms with Crippen LogP contribution in [0.1, 0.15) is 6.92 Å². The molecule has 2 aliphatic rings. The van der Waals surface area contributed by atoms with Gasteiger partial charge in [0.05, 0.1) is 6.61 Å². The zero-order valence-corrected chi connectivity index (χ0v) is 15.2. The minimum absolute atomic E-state index is 0.508. The van der Waals surface area contributed by atoms with E-state index in [1.165, 1.54) is 14.0 Å². The van der Waals surface area contributed by atoms with Gasteiger partial charge in [0, 0.05) is 14.0 Å². The van der Waals surface area contributed by atoms with Crippen molar-refractivity contribution in [2.24, 2.45) is 0 Å². The molecule has 0 aromatic carbocycles. The molecular weight excluding hydrogens is 386 g/mol. The van der Waals surface area contributed by atoms with Gasteiger partial charge in [-0.1, -0.05) is 0 Å². The quantitative estimate of drug-likeness (QED) is 0.192. The Bertz CT molecular complexity index is 521. The lowest BCUT2D eigenvalue weighted by Crippen LogP contribution is -2.67. The first-order chi connectivity index (χ1) is 13.1. The molecule has 0 aliphatic carbocycles. The molecule has 0 bridgehead atoms. The number of aliphatic hydroxyl groups excluding tert-OH is 6. The van der Waals surface area contributed by atoms with E-state index in [4.69, 9.17) is 18.9 Å². The fourth-order valence-electron chi connectivity index (χ4n) is 3.21. The van der Waals surface area contributed by atoms with E-state index in [0.29, 0.717) is 0 Å². The zero-order chi connectivity index (χ0) is 21.2. The second-order valence-corrected chi connectivity index (χ2v) is 6.63. The molecule has 1 amide bonds. The van der Waals surface area contributed by atoms with Crippen molar-refractivity contribution in [3.8, 4) is 0 Å². The van der Waals surface area contributed by atoms with Crippen LogP contribution in [0, 0.1) is 0 Å². The fourth-order valence-corrected chi connectivity index (χ4v) is 3.21. The predicted octanol–water partition coefficient (Wildman–Crippen LogP) is -5.28. The van der Waals surface area contributed by atoms with Gasteiger partial charge in [0.25, 0.3) is 0 Å². The van der Waals surface area contributed by atoms with Gasteiger partial charge in [0.1, 0.15) is 48.8 Å². The van der Waals surface area contributed by atoms with Crippen molar-refractivity contribution in [3.63, 3.8) is 0 Å². The summed E-state index contributed by atoms with van der Waals surface area (Å²) in [6.07, 6.45) is -16.3. The number of rotatable bonds is 6. The second-order valence-electron chi connectivity index (χ2n) is 6.63. The summed E-state index contributed by atoms with van der Waals surface area (Å²) in [5.41, 5.74) is 0. The van der Waals surface area contributed by atoms with E-state index < -0.39 is 80.2 Å². The topological polar surface area (TPSA) is 208 Å². The maximum absolute atomic E-state index is 11.4. The van der Waals surface area contributed by atoms with Crippen LogP contribution in [0.15, 0.2) is 0 Å². The number of amides is 1. The lowest BCUT2D eigenvalue weighted by Gasteiger charge is -2.47. The zero-order valence-electron chi connectivity index (χ0n) is 15.2. The average molecular weight is 413 g/mol. The molecule has 0 radical (unpaired) electrons. The van der Waals surface area contributed by atoms with Crippen LogP contribution < -0.4 is 5.32 Å². The Kier molecular flexibility index (Phi) is 8.06. The smallest absolute Gasteiger partial charge is 0.217 e. The molecule has 8 N–H and O–H groups in total. The Morgan fingerprint density at radius 2 is 1.68 bits per heavy atom. The summed E-state index contributed by atoms with van der Waals surface area (Å²) in [5, 5.41) is 70.9. The third-order valence-electron chi connectivity index (χ3n) is 4.65. The minimum Gasteiger partial charge on any atom is -0.394 e. The molecule has 2 rings (SSSR count). The van der Waals surface area contributed by atoms with Gasteiger partial charge in [-0.3, -0.25) is 4.79 Å². The molecule has 164 valence electrons. The molecule has 2 heterocycles. The number of carbonyl (C=O) groups is 1. The van der Waals surface area contributed by atoms with E-state index in [1.54, 1.807) is 0 Å². The van der Waals surface area contributed by atoms with Crippen LogP contribution in [0.5, 0.6) is 0 Å². The summed E-state index contributed by atoms with van der Waals surface area (Å²) in [4.78, 5) is 11.4. The van der Waals surface area contributed by atoms with Gasteiger partial charge < -0.3 is 60.0 Å². The highest BCUT2D eigenvalue weighted by Crippen LogP contribution is 2.30. The molecule has 2 saturated heterocycles. The second kappa shape index (κ2) is 9.69. The van der Waals surface area contributed by atoms with E-state index in [0.717, 1.165) is 0 Å². The number of methoxy groups -OCH3 is 1. The van der Waals surface area contributed by atoms with E-state index in [1.807, 2.05) is 0 Å². The highest BCUT2D eigenvalue weighted by atomic mass is 16.7. The maximum atomic E-state index is 11.4. The van der Waals surface area contributed by atoms with Crippen molar-refractivity contribution in [2.75, 3.05) is 13.7 Å². The van der Waals surface area contributed by atoms with Crippen molar-refractivity contribution in [3.05, 3.63) is 0 Å². The number of ether oxygens (including phenoxy) is 4. The van der Waals surface area contributed by atoms with Crippen molar-refractivity contribution in [2.45, 2.75) is 74.6 Å². The van der Waals surface area contributed by atoms with Crippen LogP contribution in [0.25, 0.3) is 0 Å². The Morgan fingerprint density at radius 3 is 2.18 bits per heavy atom. The molecule has 0 spiro atoms. The molecule has 0 saturated carbocycles. The van der Waals surface area contributed by atoms with Crippen LogP contribution in [0.2, 0.25) is 0 Å². The third-order valence-corrected chi connectivity index (χ3v) is 4.65. The standard InChI is InChI=1S/C15H27NO12/c1-4(18)16-6-7(19)11(5(3-17)26-14(6)25-2)27-15-10(22)8(20)9(21)12(28-15)13(23)24/h5-15,17,19-24H,3H2,1-2H3,(H,16,18)/t5-,6-,7-,8+,9-,10-,11-,12+,14-,15-/m1/s1. The van der Waals surface area contributed by atoms with E-state index >= 15 is 0 Å². The molecule has 0 unspecified atom stereocenters. The van der Waals surface area contributed by atoms with Crippen molar-refractivity contribution in [1.82, 2.24) is 5.32 Å². The third kappa shape index (κ3) is 4.77. The number of nitrogens with one attached hydrogen (secondary N) is 1. The molecule has 0 aromatic rings. The van der Waals surface area contributed by atoms with Gasteiger partial charge in [-0.05, 0) is 0 Å². The van der Waals surface area contributed by atoms with Crippen molar-refractivity contribution < 1.29 is 59.5 Å². The van der Waals surface area contributed by atoms with E-state index in [2.05, 4.69) is 5.32 Å². The molecule has 0 aromatic heterocycles. The Labute approximate surface area is 160 Å². The summed E-state index contributed by atoms with van der Waals surface area (Å²) in [6, 6.07) is -1.11.